The molecule has 1 atom stereocenters. The van der Waals surface area contributed by atoms with Gasteiger partial charge in [-0.05, 0) is 87.0 Å². The van der Waals surface area contributed by atoms with E-state index in [-0.39, 0.29) is 6.04 Å². The van der Waals surface area contributed by atoms with Crippen LogP contribution in [0.15, 0.2) is 205 Å². The fourth-order valence-electron chi connectivity index (χ4n) is 8.88. The lowest BCUT2D eigenvalue weighted by Crippen LogP contribution is -2.33. The molecule has 4 heteroatoms. The van der Waals surface area contributed by atoms with Gasteiger partial charge in [0.15, 0.2) is 0 Å². The first kappa shape index (κ1) is 32.2. The van der Waals surface area contributed by atoms with E-state index in [1.54, 1.807) is 0 Å². The highest BCUT2D eigenvalue weighted by molar-refractivity contribution is 6.04. The molecular weight excluding hydrogens is 683 g/mol. The van der Waals surface area contributed by atoms with E-state index in [0.717, 1.165) is 78.8 Å². The number of benzene rings is 7. The Morgan fingerprint density at radius 1 is 0.464 bits per heavy atom. The molecule has 4 nitrogen and oxygen atoms in total. The SMILES string of the molecule is C1=C(c2ccccc2)N=C(c2cccc(-c3cccc(-c4ccc5c(c4)C4(c6ccccc6Oc6ccccc64)c4ncccc4-5)c3)c2)NC1c1ccccc1. The van der Waals surface area contributed by atoms with Crippen LogP contribution in [0.2, 0.25) is 0 Å². The van der Waals surface area contributed by atoms with E-state index in [1.165, 1.54) is 16.7 Å². The predicted octanol–water partition coefficient (Wildman–Crippen LogP) is 12.0. The molecule has 0 fully saturated rings. The van der Waals surface area contributed by atoms with Crippen molar-refractivity contribution in [2.24, 2.45) is 4.99 Å². The molecule has 11 rings (SSSR count). The summed E-state index contributed by atoms with van der Waals surface area (Å²) >= 11 is 0. The summed E-state index contributed by atoms with van der Waals surface area (Å²) in [7, 11) is 0. The van der Waals surface area contributed by atoms with Gasteiger partial charge >= 0.3 is 0 Å². The molecule has 1 aliphatic carbocycles. The topological polar surface area (TPSA) is 46.5 Å². The lowest BCUT2D eigenvalue weighted by atomic mass is 9.67. The molecule has 0 bridgehead atoms. The van der Waals surface area contributed by atoms with Gasteiger partial charge in [0.2, 0.25) is 0 Å². The minimum absolute atomic E-state index is 0.00927. The maximum atomic E-state index is 6.54. The molecule has 0 saturated heterocycles. The second-order valence-electron chi connectivity index (χ2n) is 14.6. The Balaban J connectivity index is 1.01. The third kappa shape index (κ3) is 5.07. The zero-order valence-electron chi connectivity index (χ0n) is 30.4. The number of hydrogen-bond acceptors (Lipinski definition) is 4. The molecule has 3 heterocycles. The minimum atomic E-state index is -0.613. The Bertz CT molecular complexity index is 2830. The maximum Gasteiger partial charge on any atom is 0.134 e. The number of aromatic nitrogens is 1. The number of rotatable bonds is 5. The largest absolute Gasteiger partial charge is 0.457 e. The van der Waals surface area contributed by atoms with Crippen molar-refractivity contribution in [2.45, 2.75) is 11.5 Å². The maximum absolute atomic E-state index is 6.54. The van der Waals surface area contributed by atoms with Crippen LogP contribution in [0, 0.1) is 0 Å². The monoisotopic (exact) mass is 717 g/mol. The van der Waals surface area contributed by atoms with Crippen molar-refractivity contribution >= 4 is 11.5 Å². The van der Waals surface area contributed by atoms with E-state index in [2.05, 4.69) is 175 Å². The zero-order valence-corrected chi connectivity index (χ0v) is 30.4. The number of hydrogen-bond donors (Lipinski definition) is 1. The normalized spacial score (nSPS) is 15.6. The summed E-state index contributed by atoms with van der Waals surface area (Å²) in [6, 6.07) is 66.6. The molecule has 2 aliphatic heterocycles. The summed E-state index contributed by atoms with van der Waals surface area (Å²) in [5, 5.41) is 3.74. The number of aliphatic imine (C=N–C) groups is 1. The van der Waals surface area contributed by atoms with Gasteiger partial charge in [-0.25, -0.2) is 4.99 Å². The highest BCUT2D eigenvalue weighted by Gasteiger charge is 2.52. The molecule has 56 heavy (non-hydrogen) atoms. The lowest BCUT2D eigenvalue weighted by molar-refractivity contribution is 0.434. The Labute approximate surface area is 326 Å². The fourth-order valence-corrected chi connectivity index (χ4v) is 8.88. The number of para-hydroxylation sites is 2. The van der Waals surface area contributed by atoms with Crippen molar-refractivity contribution in [1.82, 2.24) is 10.3 Å². The second kappa shape index (κ2) is 12.9. The summed E-state index contributed by atoms with van der Waals surface area (Å²) in [5.41, 5.74) is 15.1. The van der Waals surface area contributed by atoms with Gasteiger partial charge in [0.1, 0.15) is 17.3 Å². The molecular formula is C52H35N3O. The van der Waals surface area contributed by atoms with Crippen molar-refractivity contribution in [3.63, 3.8) is 0 Å². The quantitative estimate of drug-likeness (QED) is 0.193. The van der Waals surface area contributed by atoms with Gasteiger partial charge < -0.3 is 10.1 Å². The molecule has 264 valence electrons. The van der Waals surface area contributed by atoms with Crippen molar-refractivity contribution in [2.75, 3.05) is 0 Å². The summed E-state index contributed by atoms with van der Waals surface area (Å²) in [4.78, 5) is 10.3. The van der Waals surface area contributed by atoms with Gasteiger partial charge in [0.05, 0.1) is 22.8 Å². The van der Waals surface area contributed by atoms with Crippen LogP contribution in [0.1, 0.15) is 45.1 Å². The molecule has 1 aromatic heterocycles. The van der Waals surface area contributed by atoms with E-state index >= 15 is 0 Å². The Morgan fingerprint density at radius 2 is 1.05 bits per heavy atom. The van der Waals surface area contributed by atoms with Crippen LogP contribution in [0.3, 0.4) is 0 Å². The van der Waals surface area contributed by atoms with Gasteiger partial charge in [-0.3, -0.25) is 4.98 Å². The van der Waals surface area contributed by atoms with Gasteiger partial charge in [-0.1, -0.05) is 152 Å². The van der Waals surface area contributed by atoms with Crippen LogP contribution in [0.25, 0.3) is 39.1 Å². The molecule has 3 aliphatic rings. The van der Waals surface area contributed by atoms with E-state index in [1.807, 2.05) is 30.5 Å². The lowest BCUT2D eigenvalue weighted by Gasteiger charge is -2.38. The van der Waals surface area contributed by atoms with Gasteiger partial charge in [0.25, 0.3) is 0 Å². The van der Waals surface area contributed by atoms with E-state index < -0.39 is 5.41 Å². The second-order valence-corrected chi connectivity index (χ2v) is 14.6. The third-order valence-corrected chi connectivity index (χ3v) is 11.4. The molecule has 0 amide bonds. The number of pyridine rings is 1. The van der Waals surface area contributed by atoms with Crippen LogP contribution in [0.5, 0.6) is 11.5 Å². The first-order valence-electron chi connectivity index (χ1n) is 19.1. The van der Waals surface area contributed by atoms with E-state index in [9.17, 15) is 0 Å². The van der Waals surface area contributed by atoms with E-state index in [4.69, 9.17) is 14.7 Å². The molecule has 0 saturated carbocycles. The van der Waals surface area contributed by atoms with Gasteiger partial charge in [-0.15, -0.1) is 0 Å². The number of fused-ring (bicyclic) bond motifs is 9. The van der Waals surface area contributed by atoms with Crippen LogP contribution in [-0.4, -0.2) is 10.8 Å². The summed E-state index contributed by atoms with van der Waals surface area (Å²) in [6.07, 6.45) is 4.13. The summed E-state index contributed by atoms with van der Waals surface area (Å²) in [5.74, 6) is 2.58. The molecule has 7 aromatic carbocycles. The Morgan fingerprint density at radius 3 is 1.77 bits per heavy atom. The van der Waals surface area contributed by atoms with Crippen molar-refractivity contribution in [3.8, 4) is 44.9 Å². The first-order chi connectivity index (χ1) is 27.7. The number of nitrogens with zero attached hydrogens (tertiary/aromatic N) is 2. The minimum Gasteiger partial charge on any atom is -0.457 e. The average Bonchev–Trinajstić information content (AvgIpc) is 3.57. The van der Waals surface area contributed by atoms with Crippen LogP contribution in [0.4, 0.5) is 0 Å². The van der Waals surface area contributed by atoms with E-state index in [0.29, 0.717) is 0 Å². The highest BCUT2D eigenvalue weighted by atomic mass is 16.5. The Hall–Kier alpha value is -7.30. The molecule has 0 radical (unpaired) electrons. The zero-order chi connectivity index (χ0) is 37.1. The number of nitrogens with one attached hydrogen (secondary N) is 1. The molecule has 1 unspecified atom stereocenters. The Kier molecular flexibility index (Phi) is 7.42. The molecule has 8 aromatic rings. The van der Waals surface area contributed by atoms with Crippen LogP contribution in [-0.2, 0) is 5.41 Å². The summed E-state index contributed by atoms with van der Waals surface area (Å²) in [6.45, 7) is 0. The van der Waals surface area contributed by atoms with Gasteiger partial charge in [-0.2, -0.15) is 0 Å². The van der Waals surface area contributed by atoms with Crippen LogP contribution < -0.4 is 10.1 Å². The third-order valence-electron chi connectivity index (χ3n) is 11.4. The molecule has 1 N–H and O–H groups in total. The van der Waals surface area contributed by atoms with Crippen LogP contribution >= 0.6 is 0 Å². The predicted molar refractivity (Wildman–Crippen MR) is 226 cm³/mol. The smallest absolute Gasteiger partial charge is 0.134 e. The van der Waals surface area contributed by atoms with Gasteiger partial charge in [0, 0.05) is 28.5 Å². The van der Waals surface area contributed by atoms with Crippen molar-refractivity contribution < 1.29 is 4.74 Å². The average molecular weight is 718 g/mol. The first-order valence-corrected chi connectivity index (χ1v) is 19.1. The standard InChI is InChI=1S/C52H35N3O/c1-3-14-34(15-4-1)46-33-47(35-16-5-2-6-17-35)55-51(54-46)40-21-12-20-38(31-40)36-18-11-19-37(30-36)39-27-28-41-42-22-13-29-53-50(42)52(45(41)32-39)43-23-7-9-25-48(43)56-49-26-10-8-24-44(49)52/h1-33,46H,(H,54,55). The number of ether oxygens (including phenoxy) is 1. The highest BCUT2D eigenvalue weighted by Crippen LogP contribution is 2.61. The molecule has 1 spiro atoms. The number of amidine groups is 1. The summed E-state index contributed by atoms with van der Waals surface area (Å²) < 4.78 is 6.54. The van der Waals surface area contributed by atoms with Crippen molar-refractivity contribution in [1.29, 1.82) is 0 Å². The van der Waals surface area contributed by atoms with Crippen molar-refractivity contribution in [3.05, 3.63) is 239 Å². The fraction of sp³-hybridized carbons (Fsp3) is 0.0385.